The average molecular weight is 247 g/mol. The smallest absolute Gasteiger partial charge is 0.309 e. The molecule has 0 amide bonds. The third-order valence-corrected chi connectivity index (χ3v) is 3.73. The van der Waals surface area contributed by atoms with Crippen molar-refractivity contribution in [2.45, 2.75) is 58.7 Å². The first-order valence-electron chi connectivity index (χ1n) is 5.56. The third kappa shape index (κ3) is 7.75. The first-order chi connectivity index (χ1) is 6.55. The van der Waals surface area contributed by atoms with E-state index in [0.29, 0.717) is 0 Å². The fourth-order valence-corrected chi connectivity index (χ4v) is 3.34. The van der Waals surface area contributed by atoms with Crippen LogP contribution < -0.4 is 4.98 Å². The highest BCUT2D eigenvalue weighted by molar-refractivity contribution is 6.74. The van der Waals surface area contributed by atoms with Crippen LogP contribution in [0.1, 0.15) is 13.3 Å². The molecule has 1 N–H and O–H groups in total. The van der Waals surface area contributed by atoms with Gasteiger partial charge in [0, 0.05) is 0 Å². The lowest BCUT2D eigenvalue weighted by Crippen LogP contribution is -2.52. The van der Waals surface area contributed by atoms with Gasteiger partial charge in [-0.15, -0.1) is 0 Å². The van der Waals surface area contributed by atoms with Gasteiger partial charge in [-0.05, 0) is 26.1 Å². The van der Waals surface area contributed by atoms with Gasteiger partial charge in [0.15, 0.2) is 0 Å². The molecule has 0 bridgehead atoms. The van der Waals surface area contributed by atoms with Gasteiger partial charge in [-0.3, -0.25) is 4.79 Å². The minimum Gasteiger partial charge on any atom is -0.519 e. The van der Waals surface area contributed by atoms with E-state index in [-0.39, 0.29) is 12.0 Å². The summed E-state index contributed by atoms with van der Waals surface area (Å²) in [6, 6.07) is -0.122. The Bertz CT molecular complexity index is 218. The van der Waals surface area contributed by atoms with Crippen LogP contribution in [-0.4, -0.2) is 28.6 Å². The maximum atomic E-state index is 11.8. The summed E-state index contributed by atoms with van der Waals surface area (Å²) in [5, 5.41) is 0. The van der Waals surface area contributed by atoms with Crippen LogP contribution in [0.4, 0.5) is 0 Å². The molecule has 1 unspecified atom stereocenters. The highest BCUT2D eigenvalue weighted by Crippen LogP contribution is 2.08. The summed E-state index contributed by atoms with van der Waals surface area (Å²) in [6.45, 7) is 14.7. The number of hydrogen-bond donors (Lipinski definition) is 1. The average Bonchev–Trinajstić information content (AvgIpc) is 1.94. The van der Waals surface area contributed by atoms with E-state index in [9.17, 15) is 4.79 Å². The van der Waals surface area contributed by atoms with Gasteiger partial charge in [-0.1, -0.05) is 26.6 Å². The maximum absolute atomic E-state index is 11.8. The lowest BCUT2D eigenvalue weighted by Gasteiger charge is -2.27. The zero-order valence-corrected chi connectivity index (χ0v) is 13.1. The molecule has 0 saturated heterocycles. The van der Waals surface area contributed by atoms with Crippen molar-refractivity contribution in [2.75, 3.05) is 0 Å². The van der Waals surface area contributed by atoms with Crippen LogP contribution >= 0.6 is 0 Å². The van der Waals surface area contributed by atoms with Gasteiger partial charge in [0.25, 0.3) is 0 Å². The maximum Gasteiger partial charge on any atom is 0.309 e. The zero-order chi connectivity index (χ0) is 12.3. The van der Waals surface area contributed by atoms with Gasteiger partial charge in [0.2, 0.25) is 8.32 Å². The molecule has 0 aromatic rings. The predicted molar refractivity (Wildman–Crippen MR) is 70.0 cm³/mol. The standard InChI is InChI=1S/C10H25NO2Si2/c1-8-9(11-14(2,3)4)10(12)13-15(5,6)7/h9,11H,8H2,1-7H3. The summed E-state index contributed by atoms with van der Waals surface area (Å²) in [7, 11) is -3.16. The topological polar surface area (TPSA) is 38.3 Å². The third-order valence-electron chi connectivity index (χ3n) is 1.71. The second-order valence-corrected chi connectivity index (χ2v) is 15.1. The van der Waals surface area contributed by atoms with Crippen LogP contribution in [0.25, 0.3) is 0 Å². The van der Waals surface area contributed by atoms with Crippen molar-refractivity contribution in [3.05, 3.63) is 0 Å². The molecule has 0 aromatic carbocycles. The van der Waals surface area contributed by atoms with E-state index in [1.165, 1.54) is 0 Å². The molecule has 0 saturated carbocycles. The number of nitrogens with one attached hydrogen (secondary N) is 1. The minimum absolute atomic E-state index is 0.0703. The molecule has 0 spiro atoms. The molecule has 15 heavy (non-hydrogen) atoms. The Balaban J connectivity index is 4.36. The van der Waals surface area contributed by atoms with Gasteiger partial charge in [-0.2, -0.15) is 0 Å². The molecule has 0 aromatic heterocycles. The fourth-order valence-electron chi connectivity index (χ4n) is 1.22. The molecule has 3 nitrogen and oxygen atoms in total. The van der Waals surface area contributed by atoms with Crippen molar-refractivity contribution in [1.29, 1.82) is 0 Å². The van der Waals surface area contributed by atoms with Crippen molar-refractivity contribution in [3.63, 3.8) is 0 Å². The first kappa shape index (κ1) is 14.9. The second-order valence-electron chi connectivity index (χ2n) is 5.89. The van der Waals surface area contributed by atoms with Crippen molar-refractivity contribution < 1.29 is 9.22 Å². The van der Waals surface area contributed by atoms with Crippen LogP contribution in [0.15, 0.2) is 0 Å². The monoisotopic (exact) mass is 247 g/mol. The molecular formula is C10H25NO2Si2. The summed E-state index contributed by atoms with van der Waals surface area (Å²) in [4.78, 5) is 15.3. The van der Waals surface area contributed by atoms with Crippen LogP contribution in [0.5, 0.6) is 0 Å². The quantitative estimate of drug-likeness (QED) is 0.759. The van der Waals surface area contributed by atoms with E-state index in [2.05, 4.69) is 24.6 Å². The van der Waals surface area contributed by atoms with Crippen LogP contribution in [-0.2, 0) is 9.22 Å². The summed E-state index contributed by atoms with van der Waals surface area (Å²) in [5.41, 5.74) is 0. The van der Waals surface area contributed by atoms with Gasteiger partial charge < -0.3 is 9.41 Å². The van der Waals surface area contributed by atoms with Crippen molar-refractivity contribution >= 4 is 22.5 Å². The molecule has 0 rings (SSSR count). The lowest BCUT2D eigenvalue weighted by molar-refractivity contribution is -0.137. The molecule has 0 aliphatic heterocycles. The van der Waals surface area contributed by atoms with Crippen molar-refractivity contribution in [3.8, 4) is 0 Å². The highest BCUT2D eigenvalue weighted by atomic mass is 28.4. The van der Waals surface area contributed by atoms with Crippen molar-refractivity contribution in [1.82, 2.24) is 4.98 Å². The lowest BCUT2D eigenvalue weighted by atomic mass is 10.2. The Labute approximate surface area is 95.8 Å². The molecule has 0 aliphatic rings. The van der Waals surface area contributed by atoms with Gasteiger partial charge in [0.05, 0.1) is 6.04 Å². The second kappa shape index (κ2) is 5.27. The Morgan fingerprint density at radius 2 is 1.67 bits per heavy atom. The van der Waals surface area contributed by atoms with E-state index >= 15 is 0 Å². The van der Waals surface area contributed by atoms with Crippen LogP contribution in [0.2, 0.25) is 39.3 Å². The van der Waals surface area contributed by atoms with E-state index < -0.39 is 16.6 Å². The molecule has 0 radical (unpaired) electrons. The molecule has 1 atom stereocenters. The fraction of sp³-hybridized carbons (Fsp3) is 0.900. The Kier molecular flexibility index (Phi) is 5.22. The Morgan fingerprint density at radius 1 is 1.20 bits per heavy atom. The van der Waals surface area contributed by atoms with Gasteiger partial charge in [0.1, 0.15) is 8.24 Å². The molecule has 90 valence electrons. The molecule has 0 heterocycles. The predicted octanol–water partition coefficient (Wildman–Crippen LogP) is 2.57. The minimum atomic E-state index is -1.75. The van der Waals surface area contributed by atoms with Crippen LogP contribution in [0, 0.1) is 0 Å². The van der Waals surface area contributed by atoms with E-state index in [1.54, 1.807) is 0 Å². The van der Waals surface area contributed by atoms with Gasteiger partial charge in [-0.25, -0.2) is 0 Å². The largest absolute Gasteiger partial charge is 0.519 e. The summed E-state index contributed by atoms with van der Waals surface area (Å²) >= 11 is 0. The number of rotatable bonds is 5. The van der Waals surface area contributed by atoms with Crippen molar-refractivity contribution in [2.24, 2.45) is 0 Å². The van der Waals surface area contributed by atoms with Crippen LogP contribution in [0.3, 0.4) is 0 Å². The van der Waals surface area contributed by atoms with E-state index in [4.69, 9.17) is 4.43 Å². The Hall–Kier alpha value is -0.136. The number of hydrogen-bond acceptors (Lipinski definition) is 3. The molecular weight excluding hydrogens is 222 g/mol. The van der Waals surface area contributed by atoms with Gasteiger partial charge >= 0.3 is 5.97 Å². The van der Waals surface area contributed by atoms with E-state index in [0.717, 1.165) is 6.42 Å². The summed E-state index contributed by atoms with van der Waals surface area (Å²) < 4.78 is 5.50. The first-order valence-corrected chi connectivity index (χ1v) is 12.5. The normalized spacial score (nSPS) is 14.9. The molecule has 0 fully saturated rings. The Morgan fingerprint density at radius 3 is 1.93 bits per heavy atom. The number of carbonyl (C=O) groups excluding carboxylic acids is 1. The summed E-state index contributed by atoms with van der Waals surface area (Å²) in [6.07, 6.45) is 0.799. The molecule has 5 heteroatoms. The van der Waals surface area contributed by atoms with E-state index in [1.807, 2.05) is 26.6 Å². The summed E-state index contributed by atoms with van der Waals surface area (Å²) in [5.74, 6) is -0.0703. The number of carbonyl (C=O) groups is 1. The highest BCUT2D eigenvalue weighted by Gasteiger charge is 2.28. The zero-order valence-electron chi connectivity index (χ0n) is 11.1. The molecule has 0 aliphatic carbocycles. The SMILES string of the molecule is CCC(N[Si](C)(C)C)C(=O)O[Si](C)(C)C.